The van der Waals surface area contributed by atoms with E-state index in [4.69, 9.17) is 0 Å². The molecule has 0 fully saturated rings. The van der Waals surface area contributed by atoms with Gasteiger partial charge in [0.1, 0.15) is 6.04 Å². The molecule has 0 aromatic heterocycles. The van der Waals surface area contributed by atoms with Crippen LogP contribution in [-0.2, 0) is 16.0 Å². The molecule has 2 aromatic rings. The minimum atomic E-state index is -0.842. The summed E-state index contributed by atoms with van der Waals surface area (Å²) in [7, 11) is 0. The molecule has 0 heterocycles. The predicted molar refractivity (Wildman–Crippen MR) is 121 cm³/mol. The number of halogens is 1. The van der Waals surface area contributed by atoms with Gasteiger partial charge >= 0.3 is 6.03 Å². The molecule has 0 bridgehead atoms. The van der Waals surface area contributed by atoms with Crippen LogP contribution in [0.15, 0.2) is 59.1 Å². The van der Waals surface area contributed by atoms with Crippen molar-refractivity contribution in [1.82, 2.24) is 16.0 Å². The second kappa shape index (κ2) is 10.8. The molecule has 7 nitrogen and oxygen atoms in total. The van der Waals surface area contributed by atoms with Crippen LogP contribution in [0.1, 0.15) is 26.3 Å². The Bertz CT molecular complexity index is 864. The van der Waals surface area contributed by atoms with Crippen molar-refractivity contribution in [2.24, 2.45) is 0 Å². The number of carbonyl (C=O) groups excluding carboxylic acids is 3. The van der Waals surface area contributed by atoms with Gasteiger partial charge in [-0.05, 0) is 50.6 Å². The van der Waals surface area contributed by atoms with Crippen LogP contribution in [0.5, 0.6) is 0 Å². The monoisotopic (exact) mass is 474 g/mol. The molecule has 0 spiro atoms. The fraction of sp³-hybridized carbons (Fsp3) is 0.318. The Hall–Kier alpha value is -2.87. The Labute approximate surface area is 185 Å². The third-order valence-electron chi connectivity index (χ3n) is 3.94. The molecule has 160 valence electrons. The predicted octanol–water partition coefficient (Wildman–Crippen LogP) is 3.21. The van der Waals surface area contributed by atoms with Crippen LogP contribution in [0.3, 0.4) is 0 Å². The Morgan fingerprint density at radius 3 is 2.20 bits per heavy atom. The van der Waals surface area contributed by atoms with E-state index in [1.165, 1.54) is 0 Å². The van der Waals surface area contributed by atoms with E-state index in [0.29, 0.717) is 12.1 Å². The lowest BCUT2D eigenvalue weighted by Crippen LogP contribution is -2.52. The van der Waals surface area contributed by atoms with E-state index in [-0.39, 0.29) is 12.5 Å². The first-order valence-electron chi connectivity index (χ1n) is 9.58. The number of urea groups is 1. The third-order valence-corrected chi connectivity index (χ3v) is 4.47. The summed E-state index contributed by atoms with van der Waals surface area (Å²) >= 11 is 3.34. The fourth-order valence-corrected chi connectivity index (χ4v) is 2.94. The lowest BCUT2D eigenvalue weighted by Gasteiger charge is -2.22. The van der Waals surface area contributed by atoms with Crippen molar-refractivity contribution in [1.29, 1.82) is 0 Å². The Kier molecular flexibility index (Phi) is 8.41. The zero-order valence-corrected chi connectivity index (χ0v) is 18.9. The van der Waals surface area contributed by atoms with Gasteiger partial charge in [0.25, 0.3) is 0 Å². The molecule has 4 amide bonds. The normalized spacial score (nSPS) is 11.9. The van der Waals surface area contributed by atoms with Gasteiger partial charge in [-0.25, -0.2) is 4.79 Å². The summed E-state index contributed by atoms with van der Waals surface area (Å²) in [5.41, 5.74) is 1.09. The van der Waals surface area contributed by atoms with Gasteiger partial charge in [-0.3, -0.25) is 9.59 Å². The van der Waals surface area contributed by atoms with Crippen LogP contribution in [-0.4, -0.2) is 36.0 Å². The quantitative estimate of drug-likeness (QED) is 0.495. The smallest absolute Gasteiger partial charge is 0.319 e. The van der Waals surface area contributed by atoms with Crippen molar-refractivity contribution in [2.75, 3.05) is 11.9 Å². The lowest BCUT2D eigenvalue weighted by atomic mass is 10.1. The summed E-state index contributed by atoms with van der Waals surface area (Å²) in [6, 6.07) is 15.1. The van der Waals surface area contributed by atoms with Crippen molar-refractivity contribution in [2.45, 2.75) is 38.8 Å². The number of rotatable bonds is 7. The van der Waals surface area contributed by atoms with Crippen molar-refractivity contribution in [3.8, 4) is 0 Å². The molecular formula is C22H27BrN4O3. The molecule has 0 radical (unpaired) electrons. The summed E-state index contributed by atoms with van der Waals surface area (Å²) < 4.78 is 0.892. The van der Waals surface area contributed by atoms with E-state index in [0.717, 1.165) is 10.0 Å². The summed E-state index contributed by atoms with van der Waals surface area (Å²) in [6.07, 6.45) is 0.293. The van der Waals surface area contributed by atoms with E-state index in [1.54, 1.807) is 24.3 Å². The molecule has 0 saturated carbocycles. The number of hydrogen-bond donors (Lipinski definition) is 4. The van der Waals surface area contributed by atoms with Crippen LogP contribution in [0, 0.1) is 0 Å². The number of benzene rings is 2. The highest BCUT2D eigenvalue weighted by molar-refractivity contribution is 9.10. The third kappa shape index (κ3) is 8.65. The number of hydrogen-bond acceptors (Lipinski definition) is 3. The Morgan fingerprint density at radius 2 is 1.60 bits per heavy atom. The lowest BCUT2D eigenvalue weighted by molar-refractivity contribution is -0.127. The molecule has 8 heteroatoms. The van der Waals surface area contributed by atoms with E-state index < -0.39 is 23.5 Å². The van der Waals surface area contributed by atoms with Crippen LogP contribution in [0.2, 0.25) is 0 Å². The maximum Gasteiger partial charge on any atom is 0.319 e. The van der Waals surface area contributed by atoms with Gasteiger partial charge in [0.15, 0.2) is 0 Å². The maximum absolute atomic E-state index is 12.7. The molecule has 0 aliphatic heterocycles. The fourth-order valence-electron chi connectivity index (χ4n) is 2.67. The molecule has 0 unspecified atom stereocenters. The minimum Gasteiger partial charge on any atom is -0.350 e. The van der Waals surface area contributed by atoms with Gasteiger partial charge in [-0.1, -0.05) is 46.3 Å². The zero-order chi connectivity index (χ0) is 22.1. The zero-order valence-electron chi connectivity index (χ0n) is 17.3. The second-order valence-electron chi connectivity index (χ2n) is 7.86. The van der Waals surface area contributed by atoms with E-state index >= 15 is 0 Å². The van der Waals surface area contributed by atoms with Gasteiger partial charge in [-0.15, -0.1) is 0 Å². The molecule has 0 saturated heterocycles. The van der Waals surface area contributed by atoms with Gasteiger partial charge in [0.05, 0.1) is 6.54 Å². The van der Waals surface area contributed by atoms with Gasteiger partial charge in [0, 0.05) is 22.1 Å². The molecule has 0 aliphatic rings. The number of amides is 4. The van der Waals surface area contributed by atoms with Gasteiger partial charge < -0.3 is 21.3 Å². The first-order chi connectivity index (χ1) is 14.1. The van der Waals surface area contributed by atoms with Crippen molar-refractivity contribution in [3.63, 3.8) is 0 Å². The summed E-state index contributed by atoms with van der Waals surface area (Å²) in [6.45, 7) is 5.41. The minimum absolute atomic E-state index is 0.169. The SMILES string of the molecule is CC(C)(C)NC(=O)CNC(=O)[C@H](Cc1ccccc1)NC(=O)Nc1ccc(Br)cc1. The summed E-state index contributed by atoms with van der Waals surface area (Å²) in [4.78, 5) is 37.2. The standard InChI is InChI=1S/C22H27BrN4O3/c1-22(2,3)27-19(28)14-24-20(29)18(13-15-7-5-4-6-8-15)26-21(30)25-17-11-9-16(23)10-12-17/h4-12,18H,13-14H2,1-3H3,(H,24,29)(H,27,28)(H2,25,26,30)/t18-/m0/s1. The number of carbonyl (C=O) groups is 3. The van der Waals surface area contributed by atoms with E-state index in [9.17, 15) is 14.4 Å². The summed E-state index contributed by atoms with van der Waals surface area (Å²) in [5, 5.41) is 10.8. The van der Waals surface area contributed by atoms with Crippen LogP contribution in [0.25, 0.3) is 0 Å². The Morgan fingerprint density at radius 1 is 0.967 bits per heavy atom. The highest BCUT2D eigenvalue weighted by atomic mass is 79.9. The van der Waals surface area contributed by atoms with Crippen molar-refractivity contribution in [3.05, 3.63) is 64.6 Å². The van der Waals surface area contributed by atoms with Crippen LogP contribution < -0.4 is 21.3 Å². The topological polar surface area (TPSA) is 99.3 Å². The average molecular weight is 475 g/mol. The number of nitrogens with one attached hydrogen (secondary N) is 4. The van der Waals surface area contributed by atoms with Gasteiger partial charge in [-0.2, -0.15) is 0 Å². The molecule has 0 aliphatic carbocycles. The van der Waals surface area contributed by atoms with Crippen LogP contribution in [0.4, 0.5) is 10.5 Å². The first kappa shape index (κ1) is 23.4. The molecular weight excluding hydrogens is 448 g/mol. The highest BCUT2D eigenvalue weighted by Gasteiger charge is 2.22. The molecule has 2 rings (SSSR count). The van der Waals surface area contributed by atoms with Crippen molar-refractivity contribution >= 4 is 39.5 Å². The molecule has 2 aromatic carbocycles. The van der Waals surface area contributed by atoms with Gasteiger partial charge in [0.2, 0.25) is 11.8 Å². The Balaban J connectivity index is 2.02. The second-order valence-corrected chi connectivity index (χ2v) is 8.78. The van der Waals surface area contributed by atoms with Crippen LogP contribution >= 0.6 is 15.9 Å². The molecule has 1 atom stereocenters. The highest BCUT2D eigenvalue weighted by Crippen LogP contribution is 2.14. The number of anilines is 1. The molecule has 4 N–H and O–H groups in total. The van der Waals surface area contributed by atoms with E-state index in [2.05, 4.69) is 37.2 Å². The molecule has 30 heavy (non-hydrogen) atoms. The largest absolute Gasteiger partial charge is 0.350 e. The summed E-state index contributed by atoms with van der Waals surface area (Å²) in [5.74, 6) is -0.734. The van der Waals surface area contributed by atoms with Crippen molar-refractivity contribution < 1.29 is 14.4 Å². The maximum atomic E-state index is 12.7. The van der Waals surface area contributed by atoms with E-state index in [1.807, 2.05) is 51.1 Å². The first-order valence-corrected chi connectivity index (χ1v) is 10.4. The average Bonchev–Trinajstić information content (AvgIpc) is 2.67.